The van der Waals surface area contributed by atoms with Crippen molar-refractivity contribution in [3.05, 3.63) is 112 Å². The van der Waals surface area contributed by atoms with Crippen LogP contribution in [0, 0.1) is 6.92 Å². The molecule has 42 heavy (non-hydrogen) atoms. The molecular weight excluding hydrogens is 579 g/mol. The van der Waals surface area contributed by atoms with Crippen molar-refractivity contribution in [3.63, 3.8) is 0 Å². The molecule has 12 heteroatoms. The Labute approximate surface area is 251 Å². The Morgan fingerprint density at radius 2 is 1.62 bits per heavy atom. The van der Waals surface area contributed by atoms with E-state index in [9.17, 15) is 9.59 Å². The van der Waals surface area contributed by atoms with Crippen LogP contribution in [-0.2, 0) is 22.7 Å². The van der Waals surface area contributed by atoms with Crippen LogP contribution in [-0.4, -0.2) is 39.1 Å². The van der Waals surface area contributed by atoms with Crippen molar-refractivity contribution in [2.75, 3.05) is 12.0 Å². The van der Waals surface area contributed by atoms with Gasteiger partial charge in [-0.2, -0.15) is 4.80 Å². The number of aryl methyl sites for hydroxylation is 1. The molecule has 1 unspecified atom stereocenters. The molecule has 0 bridgehead atoms. The fraction of sp³-hybridized carbons (Fsp3) is 0.167. The minimum atomic E-state index is -1.06. The molecule has 5 rings (SSSR count). The Bertz CT molecular complexity index is 1670. The van der Waals surface area contributed by atoms with Crippen LogP contribution < -0.4 is 15.0 Å². The number of amides is 2. The van der Waals surface area contributed by atoms with Crippen molar-refractivity contribution >= 4 is 40.7 Å². The quantitative estimate of drug-likeness (QED) is 0.219. The first kappa shape index (κ1) is 28.8. The fourth-order valence-electron chi connectivity index (χ4n) is 4.29. The highest BCUT2D eigenvalue weighted by molar-refractivity contribution is 6.31. The van der Waals surface area contributed by atoms with Crippen LogP contribution >= 0.6 is 23.2 Å². The number of hydrogen-bond donors (Lipinski definition) is 1. The highest BCUT2D eigenvalue weighted by atomic mass is 35.5. The number of halogens is 2. The normalized spacial score (nSPS) is 11.6. The molecule has 5 aromatic rings. The number of furan rings is 1. The zero-order valence-corrected chi connectivity index (χ0v) is 24.2. The molecule has 10 nitrogen and oxygen atoms in total. The van der Waals surface area contributed by atoms with Gasteiger partial charge in [0, 0.05) is 22.3 Å². The second-order valence-electron chi connectivity index (χ2n) is 9.31. The lowest BCUT2D eigenvalue weighted by Gasteiger charge is -2.31. The number of nitrogens with zero attached hydrogens (tertiary/aromatic N) is 5. The van der Waals surface area contributed by atoms with E-state index in [-0.39, 0.29) is 18.9 Å². The number of anilines is 1. The van der Waals surface area contributed by atoms with E-state index in [0.29, 0.717) is 38.6 Å². The van der Waals surface area contributed by atoms with Crippen LogP contribution in [0.25, 0.3) is 11.6 Å². The smallest absolute Gasteiger partial charge is 0.251 e. The number of tetrazole rings is 1. The molecule has 1 atom stereocenters. The first-order valence-corrected chi connectivity index (χ1v) is 13.6. The fourth-order valence-corrected chi connectivity index (χ4v) is 4.54. The molecule has 0 radical (unpaired) electrons. The summed E-state index contributed by atoms with van der Waals surface area (Å²) in [4.78, 5) is 30.5. The zero-order valence-electron chi connectivity index (χ0n) is 22.7. The minimum absolute atomic E-state index is 0.228. The molecule has 0 aliphatic heterocycles. The monoisotopic (exact) mass is 604 g/mol. The number of aromatic nitrogens is 4. The molecule has 0 saturated heterocycles. The van der Waals surface area contributed by atoms with Crippen molar-refractivity contribution < 1.29 is 18.7 Å². The summed E-state index contributed by atoms with van der Waals surface area (Å²) in [6.45, 7) is 1.73. The predicted octanol–water partition coefficient (Wildman–Crippen LogP) is 5.65. The maximum absolute atomic E-state index is 14.0. The van der Waals surface area contributed by atoms with Gasteiger partial charge in [-0.15, -0.1) is 10.2 Å². The molecule has 214 valence electrons. The molecule has 2 aromatic heterocycles. The SMILES string of the molecule is COc1ccc(CNC(=O)C(c2ccc(Cl)cc2)N(C(=O)Cn2nnc(-c3ccc(C)o3)n2)c2ccc(Cl)cc2)cc1. The number of methoxy groups -OCH3 is 1. The molecule has 0 aliphatic carbocycles. The number of ether oxygens (including phenoxy) is 1. The standard InChI is InChI=1S/C30H26Cl2N6O4/c1-19-3-16-26(42-19)29-34-36-37(35-29)18-27(39)38(24-12-10-23(32)11-13-24)28(21-6-8-22(31)9-7-21)30(40)33-17-20-4-14-25(41-2)15-5-20/h3-16,28H,17-18H2,1-2H3,(H,33,40). The van der Waals surface area contributed by atoms with Gasteiger partial charge in [0.1, 0.15) is 24.1 Å². The molecule has 2 heterocycles. The maximum atomic E-state index is 14.0. The van der Waals surface area contributed by atoms with Gasteiger partial charge in [0.2, 0.25) is 11.7 Å². The maximum Gasteiger partial charge on any atom is 0.251 e. The summed E-state index contributed by atoms with van der Waals surface area (Å²) in [5.74, 6) is 1.19. The Hall–Kier alpha value is -4.67. The van der Waals surface area contributed by atoms with Gasteiger partial charge in [0.15, 0.2) is 5.76 Å². The van der Waals surface area contributed by atoms with Crippen molar-refractivity contribution in [3.8, 4) is 17.3 Å². The molecule has 1 N–H and O–H groups in total. The average Bonchev–Trinajstić information content (AvgIpc) is 3.65. The van der Waals surface area contributed by atoms with Crippen LogP contribution in [0.2, 0.25) is 10.0 Å². The first-order valence-electron chi connectivity index (χ1n) is 12.9. The topological polar surface area (TPSA) is 115 Å². The summed E-state index contributed by atoms with van der Waals surface area (Å²) in [5.41, 5.74) is 1.86. The molecular formula is C30H26Cl2N6O4. The van der Waals surface area contributed by atoms with Crippen molar-refractivity contribution in [1.29, 1.82) is 0 Å². The van der Waals surface area contributed by atoms with Crippen LogP contribution in [0.3, 0.4) is 0 Å². The molecule has 0 saturated carbocycles. The zero-order chi connectivity index (χ0) is 29.6. The summed E-state index contributed by atoms with van der Waals surface area (Å²) in [6, 6.07) is 23.2. The Balaban J connectivity index is 1.48. The van der Waals surface area contributed by atoms with E-state index in [1.54, 1.807) is 74.7 Å². The molecule has 0 spiro atoms. The second-order valence-corrected chi connectivity index (χ2v) is 10.2. The number of benzene rings is 3. The van der Waals surface area contributed by atoms with Crippen LogP contribution in [0.15, 0.2) is 89.3 Å². The Morgan fingerprint density at radius 3 is 2.24 bits per heavy atom. The van der Waals surface area contributed by atoms with Gasteiger partial charge in [0.05, 0.1) is 7.11 Å². The number of nitrogens with one attached hydrogen (secondary N) is 1. The van der Waals surface area contributed by atoms with Gasteiger partial charge in [-0.25, -0.2) is 0 Å². The van der Waals surface area contributed by atoms with Crippen LogP contribution in [0.5, 0.6) is 5.75 Å². The largest absolute Gasteiger partial charge is 0.497 e. The lowest BCUT2D eigenvalue weighted by Crippen LogP contribution is -2.45. The molecule has 0 fully saturated rings. The van der Waals surface area contributed by atoms with Gasteiger partial charge in [-0.05, 0) is 83.9 Å². The third-order valence-electron chi connectivity index (χ3n) is 6.38. The molecule has 3 aromatic carbocycles. The van der Waals surface area contributed by atoms with Crippen molar-refractivity contribution in [2.24, 2.45) is 0 Å². The second kappa shape index (κ2) is 12.9. The van der Waals surface area contributed by atoms with Crippen LogP contribution in [0.1, 0.15) is 22.9 Å². The number of rotatable bonds is 10. The number of carbonyl (C=O) groups excluding carboxylic acids is 2. The highest BCUT2D eigenvalue weighted by Gasteiger charge is 2.33. The lowest BCUT2D eigenvalue weighted by atomic mass is 10.0. The van der Waals surface area contributed by atoms with E-state index in [1.807, 2.05) is 24.3 Å². The van der Waals surface area contributed by atoms with Crippen molar-refractivity contribution in [2.45, 2.75) is 26.1 Å². The number of hydrogen-bond acceptors (Lipinski definition) is 7. The third kappa shape index (κ3) is 6.79. The third-order valence-corrected chi connectivity index (χ3v) is 6.89. The van der Waals surface area contributed by atoms with E-state index in [4.69, 9.17) is 32.4 Å². The highest BCUT2D eigenvalue weighted by Crippen LogP contribution is 2.30. The summed E-state index contributed by atoms with van der Waals surface area (Å²) in [7, 11) is 1.59. The van der Waals surface area contributed by atoms with E-state index >= 15 is 0 Å². The molecule has 0 aliphatic rings. The van der Waals surface area contributed by atoms with Crippen molar-refractivity contribution in [1.82, 2.24) is 25.5 Å². The number of carbonyl (C=O) groups is 2. The Kier molecular flexibility index (Phi) is 8.85. The van der Waals surface area contributed by atoms with E-state index in [1.165, 1.54) is 4.90 Å². The Morgan fingerprint density at radius 1 is 0.952 bits per heavy atom. The average molecular weight is 605 g/mol. The van der Waals surface area contributed by atoms with Gasteiger partial charge < -0.3 is 14.5 Å². The van der Waals surface area contributed by atoms with Crippen LogP contribution in [0.4, 0.5) is 5.69 Å². The van der Waals surface area contributed by atoms with E-state index in [0.717, 1.165) is 10.4 Å². The summed E-state index contributed by atoms with van der Waals surface area (Å²) in [5, 5.41) is 16.3. The lowest BCUT2D eigenvalue weighted by molar-refractivity contribution is -0.127. The van der Waals surface area contributed by atoms with E-state index in [2.05, 4.69) is 20.7 Å². The summed E-state index contributed by atoms with van der Waals surface area (Å²) in [6.07, 6.45) is 0. The summed E-state index contributed by atoms with van der Waals surface area (Å²) < 4.78 is 10.8. The van der Waals surface area contributed by atoms with Gasteiger partial charge in [0.25, 0.3) is 5.91 Å². The molecule has 2 amide bonds. The predicted molar refractivity (Wildman–Crippen MR) is 158 cm³/mol. The van der Waals surface area contributed by atoms with Gasteiger partial charge >= 0.3 is 0 Å². The first-order chi connectivity index (χ1) is 20.3. The van der Waals surface area contributed by atoms with E-state index < -0.39 is 17.9 Å². The summed E-state index contributed by atoms with van der Waals surface area (Å²) >= 11 is 12.3. The van der Waals surface area contributed by atoms with Gasteiger partial charge in [-0.3, -0.25) is 14.5 Å². The van der Waals surface area contributed by atoms with Gasteiger partial charge in [-0.1, -0.05) is 47.5 Å². The minimum Gasteiger partial charge on any atom is -0.497 e.